The van der Waals surface area contributed by atoms with Crippen LogP contribution in [-0.4, -0.2) is 117 Å². The molecule has 4 amide bonds. The SMILES string of the molecule is CCC[C@@H]1CNC(=O)C(=O)N1C[C@@H]1CCCN1C[C@H](Cc1ccc(O)cc1)N1C[C@@H](Cc2ccc(O)cc2)N(CC2CCCC2)C(=O)C1=O. The maximum absolute atomic E-state index is 14.1. The van der Waals surface area contributed by atoms with Crippen molar-refractivity contribution in [2.24, 2.45) is 5.92 Å². The Morgan fingerprint density at radius 2 is 1.41 bits per heavy atom. The zero-order valence-electron chi connectivity index (χ0n) is 28.6. The summed E-state index contributed by atoms with van der Waals surface area (Å²) >= 11 is 0. The van der Waals surface area contributed by atoms with E-state index in [-0.39, 0.29) is 35.7 Å². The minimum absolute atomic E-state index is 0.0266. The number of piperazine rings is 2. The molecule has 0 bridgehead atoms. The van der Waals surface area contributed by atoms with Crippen molar-refractivity contribution < 1.29 is 29.4 Å². The molecule has 264 valence electrons. The molecular weight excluding hydrogens is 622 g/mol. The van der Waals surface area contributed by atoms with Crippen molar-refractivity contribution in [2.75, 3.05) is 39.3 Å². The van der Waals surface area contributed by atoms with Crippen molar-refractivity contribution in [3.8, 4) is 11.5 Å². The summed E-state index contributed by atoms with van der Waals surface area (Å²) in [4.78, 5) is 61.3. The first-order valence-corrected chi connectivity index (χ1v) is 18.2. The molecule has 1 aliphatic carbocycles. The number of aromatic hydroxyl groups is 2. The fourth-order valence-electron chi connectivity index (χ4n) is 8.45. The van der Waals surface area contributed by atoms with Crippen LogP contribution in [0.3, 0.4) is 0 Å². The number of nitrogens with zero attached hydrogens (tertiary/aromatic N) is 4. The molecule has 11 nitrogen and oxygen atoms in total. The van der Waals surface area contributed by atoms with Crippen LogP contribution in [0.2, 0.25) is 0 Å². The lowest BCUT2D eigenvalue weighted by Gasteiger charge is -2.46. The fraction of sp³-hybridized carbons (Fsp3) is 0.579. The summed E-state index contributed by atoms with van der Waals surface area (Å²) in [7, 11) is 0. The first kappa shape index (κ1) is 34.7. The smallest absolute Gasteiger partial charge is 0.312 e. The first-order valence-electron chi connectivity index (χ1n) is 18.2. The van der Waals surface area contributed by atoms with Gasteiger partial charge < -0.3 is 30.2 Å². The number of phenols is 2. The lowest BCUT2D eigenvalue weighted by atomic mass is 9.96. The highest BCUT2D eigenvalue weighted by Crippen LogP contribution is 2.30. The van der Waals surface area contributed by atoms with E-state index in [0.717, 1.165) is 69.0 Å². The molecule has 3 saturated heterocycles. The van der Waals surface area contributed by atoms with E-state index in [1.165, 1.54) is 0 Å². The molecule has 11 heteroatoms. The molecule has 0 spiro atoms. The van der Waals surface area contributed by atoms with Gasteiger partial charge in [-0.2, -0.15) is 0 Å². The summed E-state index contributed by atoms with van der Waals surface area (Å²) in [5.41, 5.74) is 1.95. The Labute approximate surface area is 289 Å². The van der Waals surface area contributed by atoms with Gasteiger partial charge in [-0.15, -0.1) is 0 Å². The topological polar surface area (TPSA) is 134 Å². The Morgan fingerprint density at radius 3 is 2.08 bits per heavy atom. The molecule has 1 saturated carbocycles. The van der Waals surface area contributed by atoms with Gasteiger partial charge in [-0.25, -0.2) is 0 Å². The van der Waals surface area contributed by atoms with Crippen molar-refractivity contribution >= 4 is 23.6 Å². The molecule has 2 aromatic rings. The second-order valence-electron chi connectivity index (χ2n) is 14.5. The van der Waals surface area contributed by atoms with E-state index in [1.54, 1.807) is 34.1 Å². The largest absolute Gasteiger partial charge is 0.508 e. The van der Waals surface area contributed by atoms with Crippen LogP contribution in [0.4, 0.5) is 0 Å². The molecule has 3 heterocycles. The van der Waals surface area contributed by atoms with Crippen LogP contribution < -0.4 is 5.32 Å². The van der Waals surface area contributed by atoms with Gasteiger partial charge in [0, 0.05) is 50.8 Å². The molecule has 4 atom stereocenters. The van der Waals surface area contributed by atoms with Gasteiger partial charge in [-0.1, -0.05) is 50.5 Å². The summed E-state index contributed by atoms with van der Waals surface area (Å²) in [6.45, 7) is 5.27. The van der Waals surface area contributed by atoms with Crippen LogP contribution in [0, 0.1) is 5.92 Å². The van der Waals surface area contributed by atoms with Crippen molar-refractivity contribution in [1.29, 1.82) is 0 Å². The van der Waals surface area contributed by atoms with Crippen LogP contribution in [0.15, 0.2) is 48.5 Å². The number of amides is 4. The number of hydrogen-bond donors (Lipinski definition) is 3. The molecule has 6 rings (SSSR count). The zero-order valence-corrected chi connectivity index (χ0v) is 28.6. The lowest BCUT2D eigenvalue weighted by Crippen LogP contribution is -2.65. The van der Waals surface area contributed by atoms with Crippen LogP contribution in [0.25, 0.3) is 0 Å². The Balaban J connectivity index is 1.26. The van der Waals surface area contributed by atoms with Crippen LogP contribution in [0.1, 0.15) is 69.4 Å². The van der Waals surface area contributed by atoms with E-state index in [4.69, 9.17) is 0 Å². The highest BCUT2D eigenvalue weighted by Gasteiger charge is 2.44. The van der Waals surface area contributed by atoms with Gasteiger partial charge in [0.15, 0.2) is 0 Å². The third-order valence-corrected chi connectivity index (χ3v) is 11.1. The van der Waals surface area contributed by atoms with Gasteiger partial charge in [0.1, 0.15) is 11.5 Å². The van der Waals surface area contributed by atoms with E-state index >= 15 is 0 Å². The predicted octanol–water partition coefficient (Wildman–Crippen LogP) is 3.07. The van der Waals surface area contributed by atoms with Gasteiger partial charge >= 0.3 is 23.6 Å². The lowest BCUT2D eigenvalue weighted by molar-refractivity contribution is -0.162. The van der Waals surface area contributed by atoms with Gasteiger partial charge in [0.25, 0.3) is 0 Å². The Bertz CT molecular complexity index is 1480. The highest BCUT2D eigenvalue weighted by molar-refractivity contribution is 6.36. The molecule has 0 unspecified atom stereocenters. The molecule has 2 aromatic carbocycles. The highest BCUT2D eigenvalue weighted by atomic mass is 16.3. The second-order valence-corrected chi connectivity index (χ2v) is 14.5. The van der Waals surface area contributed by atoms with Crippen molar-refractivity contribution in [1.82, 2.24) is 24.9 Å². The van der Waals surface area contributed by atoms with Gasteiger partial charge in [0.05, 0.1) is 6.04 Å². The van der Waals surface area contributed by atoms with Crippen molar-refractivity contribution in [3.05, 3.63) is 59.7 Å². The summed E-state index contributed by atoms with van der Waals surface area (Å²) in [6.07, 6.45) is 9.02. The van der Waals surface area contributed by atoms with E-state index in [2.05, 4.69) is 17.1 Å². The summed E-state index contributed by atoms with van der Waals surface area (Å²) in [5, 5.41) is 22.6. The minimum Gasteiger partial charge on any atom is -0.508 e. The molecule has 49 heavy (non-hydrogen) atoms. The van der Waals surface area contributed by atoms with Crippen LogP contribution in [-0.2, 0) is 32.0 Å². The molecule has 3 aliphatic heterocycles. The quantitative estimate of drug-likeness (QED) is 0.279. The number of nitrogens with one attached hydrogen (secondary N) is 1. The maximum atomic E-state index is 14.1. The van der Waals surface area contributed by atoms with Gasteiger partial charge in [-0.05, 0) is 92.8 Å². The summed E-state index contributed by atoms with van der Waals surface area (Å²) in [6, 6.07) is 13.5. The van der Waals surface area contributed by atoms with E-state index < -0.39 is 23.6 Å². The van der Waals surface area contributed by atoms with Crippen LogP contribution in [0.5, 0.6) is 11.5 Å². The predicted molar refractivity (Wildman–Crippen MR) is 185 cm³/mol. The minimum atomic E-state index is -0.554. The monoisotopic (exact) mass is 673 g/mol. The summed E-state index contributed by atoms with van der Waals surface area (Å²) in [5.74, 6) is -1.23. The molecule has 0 radical (unpaired) electrons. The van der Waals surface area contributed by atoms with Crippen molar-refractivity contribution in [2.45, 2.75) is 95.3 Å². The Hall–Kier alpha value is -4.12. The standard InChI is InChI=1S/C38H51N5O6/c1-2-6-29-21-39-35(46)36(47)42(29)24-30-9-5-18-40(30)23-31(19-26-10-14-33(44)15-11-26)43-25-32(20-27-12-16-34(45)17-13-27)41(37(48)38(43)49)22-28-7-3-4-8-28/h10-17,28-32,44-45H,2-9,18-25H2,1H3,(H,39,46)/t29-,30+,31+,32-/m1/s1. The van der Waals surface area contributed by atoms with E-state index in [9.17, 15) is 29.4 Å². The maximum Gasteiger partial charge on any atom is 0.312 e. The zero-order chi connectivity index (χ0) is 34.5. The van der Waals surface area contributed by atoms with E-state index in [0.29, 0.717) is 51.5 Å². The second kappa shape index (κ2) is 15.6. The number of phenolic OH excluding ortho intramolecular Hbond substituents is 2. The third-order valence-electron chi connectivity index (χ3n) is 11.1. The summed E-state index contributed by atoms with van der Waals surface area (Å²) < 4.78 is 0. The number of benzene rings is 2. The fourth-order valence-corrected chi connectivity index (χ4v) is 8.45. The number of hydrogen-bond acceptors (Lipinski definition) is 7. The van der Waals surface area contributed by atoms with Gasteiger partial charge in [-0.3, -0.25) is 24.1 Å². The molecule has 4 fully saturated rings. The number of rotatable bonds is 13. The number of likely N-dealkylation sites (tertiary alicyclic amines) is 1. The third kappa shape index (κ3) is 8.20. The first-order chi connectivity index (χ1) is 23.7. The number of carbonyl (C=O) groups is 4. The average molecular weight is 674 g/mol. The molecule has 3 N–H and O–H groups in total. The average Bonchev–Trinajstić information content (AvgIpc) is 3.78. The van der Waals surface area contributed by atoms with Crippen LogP contribution >= 0.6 is 0 Å². The van der Waals surface area contributed by atoms with E-state index in [1.807, 2.05) is 29.2 Å². The molecule has 0 aromatic heterocycles. The molecular formula is C38H51N5O6. The van der Waals surface area contributed by atoms with Crippen molar-refractivity contribution in [3.63, 3.8) is 0 Å². The molecule has 4 aliphatic rings. The van der Waals surface area contributed by atoms with Gasteiger partial charge in [0.2, 0.25) is 0 Å². The normalized spacial score (nSPS) is 24.6. The Kier molecular flexibility index (Phi) is 11.1. The number of carbonyl (C=O) groups excluding carboxylic acids is 4. The Morgan fingerprint density at radius 1 is 0.755 bits per heavy atom.